The van der Waals surface area contributed by atoms with Crippen LogP contribution in [0.3, 0.4) is 0 Å². The second-order valence-electron chi connectivity index (χ2n) is 9.68. The van der Waals surface area contributed by atoms with E-state index in [0.717, 1.165) is 31.0 Å². The number of benzene rings is 2. The molecule has 0 radical (unpaired) electrons. The van der Waals surface area contributed by atoms with E-state index in [4.69, 9.17) is 21.1 Å². The van der Waals surface area contributed by atoms with Gasteiger partial charge in [0, 0.05) is 17.9 Å². The molecule has 218 valence electrons. The number of ether oxygens (including phenoxy) is 2. The molecule has 0 amide bonds. The fourth-order valence-corrected chi connectivity index (χ4v) is 5.12. The molecule has 1 N–H and O–H groups in total. The van der Waals surface area contributed by atoms with E-state index in [9.17, 15) is 33.3 Å². The van der Waals surface area contributed by atoms with Gasteiger partial charge >= 0.3 is 12.1 Å². The van der Waals surface area contributed by atoms with Gasteiger partial charge in [-0.2, -0.15) is 18.4 Å². The maximum atomic E-state index is 12.7. The van der Waals surface area contributed by atoms with E-state index >= 15 is 0 Å². The number of carbonyl (C=O) groups excluding carboxylic acids is 1. The molecular formula is C28H27ClF3N3O5S. The fraction of sp³-hybridized carbons (Fsp3) is 0.357. The molecule has 1 unspecified atom stereocenters. The fourth-order valence-electron chi connectivity index (χ4n) is 4.11. The van der Waals surface area contributed by atoms with Crippen LogP contribution in [-0.2, 0) is 9.53 Å². The van der Waals surface area contributed by atoms with Crippen LogP contribution in [0.1, 0.15) is 31.9 Å². The summed E-state index contributed by atoms with van der Waals surface area (Å²) in [5.41, 5.74) is -0.371. The standard InChI is InChI=1S/C23H19ClF3NO3.C5H8N2O2S/c1-22(2)17(12-19(24)23(25,26)27)20(22)21(29)31-18(13-28)14-7-6-10-16(11-14)30-15-8-4-3-5-9-15;8-7(9)4-5-6-2-1-3-10-5/h3-12,17-18,20H,1-2H3;4,6H,1-3H2/b19-12-;5-4-/t17-,18?,20-;/m0./s1. The van der Waals surface area contributed by atoms with Crippen molar-refractivity contribution in [2.24, 2.45) is 17.3 Å². The Morgan fingerprint density at radius 1 is 1.24 bits per heavy atom. The SMILES string of the molecule is CC1(C)[C@H](C(=O)OC(C#N)c2cccc(Oc3ccccc3)c2)[C@@H]1/C=C(\Cl)C(F)(F)F.O=[N+]([O-])/C=C1/NCCCS1. The van der Waals surface area contributed by atoms with Crippen LogP contribution in [0.15, 0.2) is 76.9 Å². The summed E-state index contributed by atoms with van der Waals surface area (Å²) in [5.74, 6) is -0.291. The van der Waals surface area contributed by atoms with E-state index in [1.54, 1.807) is 50.2 Å². The van der Waals surface area contributed by atoms with Crippen molar-refractivity contribution >= 4 is 29.3 Å². The van der Waals surface area contributed by atoms with E-state index in [1.807, 2.05) is 24.3 Å². The van der Waals surface area contributed by atoms with Crippen molar-refractivity contribution in [2.75, 3.05) is 12.3 Å². The predicted octanol–water partition coefficient (Wildman–Crippen LogP) is 7.33. The monoisotopic (exact) mass is 609 g/mol. The lowest BCUT2D eigenvalue weighted by atomic mass is 10.1. The third-order valence-electron chi connectivity index (χ3n) is 6.35. The number of nitro groups is 1. The number of para-hydroxylation sites is 1. The molecule has 4 rings (SSSR count). The lowest BCUT2D eigenvalue weighted by Crippen LogP contribution is -2.19. The highest BCUT2D eigenvalue weighted by atomic mass is 35.5. The molecule has 1 aliphatic heterocycles. The second-order valence-corrected chi connectivity index (χ2v) is 11.2. The van der Waals surface area contributed by atoms with Crippen molar-refractivity contribution in [2.45, 2.75) is 32.5 Å². The van der Waals surface area contributed by atoms with Crippen LogP contribution in [0, 0.1) is 38.7 Å². The number of hydrogen-bond donors (Lipinski definition) is 1. The minimum absolute atomic E-state index is 0.392. The Labute approximate surface area is 244 Å². The third kappa shape index (κ3) is 9.16. The predicted molar refractivity (Wildman–Crippen MR) is 148 cm³/mol. The van der Waals surface area contributed by atoms with Crippen molar-refractivity contribution in [1.82, 2.24) is 5.32 Å². The molecule has 1 aliphatic carbocycles. The van der Waals surface area contributed by atoms with E-state index in [2.05, 4.69) is 5.32 Å². The quantitative estimate of drug-likeness (QED) is 0.197. The Balaban J connectivity index is 0.000000389. The van der Waals surface area contributed by atoms with Gasteiger partial charge < -0.3 is 14.8 Å². The largest absolute Gasteiger partial charge is 0.457 e. The lowest BCUT2D eigenvalue weighted by Gasteiger charge is -2.13. The van der Waals surface area contributed by atoms with Gasteiger partial charge in [0.15, 0.2) is 0 Å². The Kier molecular flexibility index (Phi) is 10.7. The number of carbonyl (C=O) groups is 1. The molecule has 2 fully saturated rings. The topological polar surface area (TPSA) is 114 Å². The molecule has 1 saturated carbocycles. The Morgan fingerprint density at radius 3 is 2.51 bits per heavy atom. The van der Waals surface area contributed by atoms with Gasteiger partial charge in [0.2, 0.25) is 6.10 Å². The van der Waals surface area contributed by atoms with Crippen molar-refractivity contribution in [3.8, 4) is 17.6 Å². The van der Waals surface area contributed by atoms with Gasteiger partial charge in [0.1, 0.15) is 27.6 Å². The smallest absolute Gasteiger partial charge is 0.426 e. The average molecular weight is 610 g/mol. The summed E-state index contributed by atoms with van der Waals surface area (Å²) in [6.07, 6.45) is -2.97. The van der Waals surface area contributed by atoms with Gasteiger partial charge in [-0.15, -0.1) is 11.8 Å². The number of allylic oxidation sites excluding steroid dienone is 2. The number of alkyl halides is 3. The molecule has 3 atom stereocenters. The number of halogens is 4. The van der Waals surface area contributed by atoms with Crippen LogP contribution >= 0.6 is 23.4 Å². The highest BCUT2D eigenvalue weighted by Crippen LogP contribution is 2.60. The maximum Gasteiger partial charge on any atom is 0.426 e. The van der Waals surface area contributed by atoms with Crippen LogP contribution in [0.2, 0.25) is 0 Å². The second kappa shape index (κ2) is 13.8. The van der Waals surface area contributed by atoms with Crippen molar-refractivity contribution < 1.29 is 32.4 Å². The van der Waals surface area contributed by atoms with Gasteiger partial charge in [0.05, 0.1) is 10.8 Å². The minimum Gasteiger partial charge on any atom is -0.457 e. The molecular weight excluding hydrogens is 583 g/mol. The third-order valence-corrected chi connectivity index (χ3v) is 7.75. The number of thioether (sulfide) groups is 1. The van der Waals surface area contributed by atoms with Gasteiger partial charge in [-0.05, 0) is 42.0 Å². The number of nitrogens with zero attached hydrogens (tertiary/aromatic N) is 2. The molecule has 1 heterocycles. The zero-order valence-corrected chi connectivity index (χ0v) is 23.6. The molecule has 2 aromatic carbocycles. The number of nitrogens with one attached hydrogen (secondary N) is 1. The van der Waals surface area contributed by atoms with Crippen molar-refractivity contribution in [3.05, 3.63) is 92.6 Å². The molecule has 0 bridgehead atoms. The first-order chi connectivity index (χ1) is 19.3. The number of nitriles is 1. The summed E-state index contributed by atoms with van der Waals surface area (Å²) >= 11 is 6.82. The number of esters is 1. The molecule has 41 heavy (non-hydrogen) atoms. The zero-order chi connectivity index (χ0) is 30.2. The van der Waals surface area contributed by atoms with Crippen LogP contribution in [0.4, 0.5) is 13.2 Å². The van der Waals surface area contributed by atoms with Crippen LogP contribution in [0.25, 0.3) is 0 Å². The minimum atomic E-state index is -4.68. The van der Waals surface area contributed by atoms with Crippen LogP contribution in [0.5, 0.6) is 11.5 Å². The Morgan fingerprint density at radius 2 is 1.93 bits per heavy atom. The summed E-state index contributed by atoms with van der Waals surface area (Å²) < 4.78 is 49.2. The molecule has 13 heteroatoms. The molecule has 2 aromatic rings. The lowest BCUT2D eigenvalue weighted by molar-refractivity contribution is -0.403. The molecule has 8 nitrogen and oxygen atoms in total. The highest BCUT2D eigenvalue weighted by Gasteiger charge is 2.62. The van der Waals surface area contributed by atoms with E-state index < -0.39 is 45.5 Å². The summed E-state index contributed by atoms with van der Waals surface area (Å²) in [6, 6.07) is 17.4. The Hall–Kier alpha value is -3.69. The van der Waals surface area contributed by atoms with E-state index in [-0.39, 0.29) is 0 Å². The number of hydrogen-bond acceptors (Lipinski definition) is 8. The summed E-state index contributed by atoms with van der Waals surface area (Å²) in [5, 5.41) is 21.8. The van der Waals surface area contributed by atoms with Crippen molar-refractivity contribution in [3.63, 3.8) is 0 Å². The van der Waals surface area contributed by atoms with Gasteiger partial charge in [-0.1, -0.05) is 61.9 Å². The van der Waals surface area contributed by atoms with Crippen molar-refractivity contribution in [1.29, 1.82) is 5.26 Å². The van der Waals surface area contributed by atoms with Gasteiger partial charge in [-0.3, -0.25) is 14.9 Å². The van der Waals surface area contributed by atoms with Crippen LogP contribution < -0.4 is 10.1 Å². The van der Waals surface area contributed by atoms with E-state index in [1.165, 1.54) is 11.8 Å². The first-order valence-electron chi connectivity index (χ1n) is 12.4. The van der Waals surface area contributed by atoms with Gasteiger partial charge in [0.25, 0.3) is 6.20 Å². The first-order valence-corrected chi connectivity index (χ1v) is 13.8. The van der Waals surface area contributed by atoms with E-state index in [0.29, 0.717) is 22.1 Å². The molecule has 0 aromatic heterocycles. The normalized spacial score (nSPS) is 21.3. The highest BCUT2D eigenvalue weighted by molar-refractivity contribution is 8.03. The van der Waals surface area contributed by atoms with Gasteiger partial charge in [-0.25, -0.2) is 0 Å². The molecule has 1 saturated heterocycles. The maximum absolute atomic E-state index is 12.7. The summed E-state index contributed by atoms with van der Waals surface area (Å²) in [4.78, 5) is 22.1. The van der Waals surface area contributed by atoms with Crippen LogP contribution in [-0.4, -0.2) is 29.4 Å². The summed E-state index contributed by atoms with van der Waals surface area (Å²) in [6.45, 7) is 4.15. The molecule has 2 aliphatic rings. The Bertz CT molecular complexity index is 1340. The molecule has 0 spiro atoms. The first kappa shape index (κ1) is 31.8. The summed E-state index contributed by atoms with van der Waals surface area (Å²) in [7, 11) is 0. The zero-order valence-electron chi connectivity index (χ0n) is 22.1. The number of rotatable bonds is 7. The average Bonchev–Trinajstić information content (AvgIpc) is 3.47.